The lowest BCUT2D eigenvalue weighted by Crippen LogP contribution is -2.24. The highest BCUT2D eigenvalue weighted by atomic mass is 16.5. The Bertz CT molecular complexity index is 912. The van der Waals surface area contributed by atoms with Crippen LogP contribution in [0.5, 0.6) is 17.2 Å². The number of ether oxygens (including phenoxy) is 5. The highest BCUT2D eigenvalue weighted by molar-refractivity contribution is 5.87. The van der Waals surface area contributed by atoms with Crippen molar-refractivity contribution in [1.82, 2.24) is 0 Å². The van der Waals surface area contributed by atoms with E-state index in [1.54, 1.807) is 34.3 Å². The first-order valence-corrected chi connectivity index (χ1v) is 10.8. The van der Waals surface area contributed by atoms with Crippen molar-refractivity contribution in [2.45, 2.75) is 26.4 Å². The Kier molecular flexibility index (Phi) is 8.17. The zero-order valence-corrected chi connectivity index (χ0v) is 19.4. The maximum Gasteiger partial charge on any atom is 0.333 e. The lowest BCUT2D eigenvalue weighted by atomic mass is 9.84. The summed E-state index contributed by atoms with van der Waals surface area (Å²) < 4.78 is 28.5. The molecule has 0 aliphatic carbocycles. The summed E-state index contributed by atoms with van der Waals surface area (Å²) >= 11 is 0. The average molecular weight is 441 g/mol. The van der Waals surface area contributed by atoms with Gasteiger partial charge in [-0.05, 0) is 49.4 Å². The van der Waals surface area contributed by atoms with Gasteiger partial charge in [0.25, 0.3) is 0 Å². The lowest BCUT2D eigenvalue weighted by Gasteiger charge is -2.24. The minimum Gasteiger partial charge on any atom is -0.493 e. The van der Waals surface area contributed by atoms with Gasteiger partial charge in [-0.2, -0.15) is 0 Å². The smallest absolute Gasteiger partial charge is 0.333 e. The van der Waals surface area contributed by atoms with Crippen LogP contribution in [0, 0.1) is 11.8 Å². The molecule has 172 valence electrons. The standard InChI is InChI=1S/C26H32O6/c1-6-17(2)26(27)32-16-21-20(12-18-10-8-7-9-11-18)15-31-24(21)19-13-22(28-3)25(30-5)23(14-19)29-4/h6-11,13-14,20-21,24H,12,15-16H2,1-5H3/b17-6+/t20-,21-,24+/m0/s1. The van der Waals surface area contributed by atoms with Gasteiger partial charge in [0.15, 0.2) is 11.5 Å². The first-order chi connectivity index (χ1) is 15.5. The molecule has 0 aromatic heterocycles. The van der Waals surface area contributed by atoms with Crippen LogP contribution in [0.25, 0.3) is 0 Å². The number of carbonyl (C=O) groups is 1. The molecule has 0 bridgehead atoms. The quantitative estimate of drug-likeness (QED) is 0.414. The second-order valence-corrected chi connectivity index (χ2v) is 7.90. The number of hydrogen-bond acceptors (Lipinski definition) is 6. The predicted octanol–water partition coefficient (Wildman–Crippen LogP) is 4.77. The summed E-state index contributed by atoms with van der Waals surface area (Å²) in [5.41, 5.74) is 2.72. The number of methoxy groups -OCH3 is 3. The molecule has 1 aliphatic rings. The van der Waals surface area contributed by atoms with E-state index in [1.807, 2.05) is 37.3 Å². The van der Waals surface area contributed by atoms with Crippen LogP contribution in [0.15, 0.2) is 54.1 Å². The number of carbonyl (C=O) groups excluding carboxylic acids is 1. The maximum atomic E-state index is 12.3. The fraction of sp³-hybridized carbons (Fsp3) is 0.423. The van der Waals surface area contributed by atoms with Crippen molar-refractivity contribution < 1.29 is 28.5 Å². The van der Waals surface area contributed by atoms with Crippen molar-refractivity contribution in [1.29, 1.82) is 0 Å². The molecule has 2 aromatic carbocycles. The van der Waals surface area contributed by atoms with Crippen LogP contribution in [0.1, 0.15) is 31.1 Å². The zero-order valence-electron chi connectivity index (χ0n) is 19.4. The minimum absolute atomic E-state index is 0.0216. The van der Waals surface area contributed by atoms with Crippen LogP contribution < -0.4 is 14.2 Å². The number of allylic oxidation sites excluding steroid dienone is 1. The van der Waals surface area contributed by atoms with Crippen molar-refractivity contribution in [2.24, 2.45) is 11.8 Å². The highest BCUT2D eigenvalue weighted by Crippen LogP contribution is 2.46. The number of benzene rings is 2. The molecule has 2 aromatic rings. The zero-order chi connectivity index (χ0) is 23.1. The van der Waals surface area contributed by atoms with Gasteiger partial charge in [-0.15, -0.1) is 0 Å². The van der Waals surface area contributed by atoms with Crippen molar-refractivity contribution in [3.05, 3.63) is 65.2 Å². The largest absolute Gasteiger partial charge is 0.493 e. The number of rotatable bonds is 9. The van der Waals surface area contributed by atoms with Gasteiger partial charge in [-0.1, -0.05) is 36.4 Å². The van der Waals surface area contributed by atoms with Crippen LogP contribution in [-0.4, -0.2) is 40.5 Å². The summed E-state index contributed by atoms with van der Waals surface area (Å²) in [7, 11) is 4.76. The Balaban J connectivity index is 1.91. The highest BCUT2D eigenvalue weighted by Gasteiger charge is 2.40. The van der Waals surface area contributed by atoms with Gasteiger partial charge in [-0.3, -0.25) is 0 Å². The molecule has 1 fully saturated rings. The summed E-state index contributed by atoms with van der Waals surface area (Å²) in [6.45, 7) is 4.42. The minimum atomic E-state index is -0.304. The molecule has 3 atom stereocenters. The molecule has 3 rings (SSSR count). The Morgan fingerprint density at radius 1 is 1.06 bits per heavy atom. The summed E-state index contributed by atoms with van der Waals surface area (Å²) in [5, 5.41) is 0. The molecule has 0 radical (unpaired) electrons. The summed E-state index contributed by atoms with van der Waals surface area (Å²) in [4.78, 5) is 12.3. The van der Waals surface area contributed by atoms with Crippen LogP contribution in [-0.2, 0) is 20.7 Å². The third kappa shape index (κ3) is 5.25. The van der Waals surface area contributed by atoms with E-state index in [0.29, 0.717) is 29.4 Å². The van der Waals surface area contributed by atoms with Gasteiger partial charge in [0.05, 0.1) is 40.6 Å². The van der Waals surface area contributed by atoms with Gasteiger partial charge in [0.2, 0.25) is 5.75 Å². The topological polar surface area (TPSA) is 63.2 Å². The molecule has 0 N–H and O–H groups in total. The second-order valence-electron chi connectivity index (χ2n) is 7.90. The van der Waals surface area contributed by atoms with Gasteiger partial charge in [-0.25, -0.2) is 4.79 Å². The molecule has 0 saturated carbocycles. The first-order valence-electron chi connectivity index (χ1n) is 10.8. The third-order valence-corrected chi connectivity index (χ3v) is 6.00. The SMILES string of the molecule is C/C=C(\C)C(=O)OC[C@H]1[C@@H](Cc2ccccc2)CO[C@@H]1c1cc(OC)c(OC)c(OC)c1. The Morgan fingerprint density at radius 2 is 1.72 bits per heavy atom. The summed E-state index contributed by atoms with van der Waals surface area (Å²) in [5.74, 6) is 1.53. The molecular weight excluding hydrogens is 408 g/mol. The van der Waals surface area contributed by atoms with E-state index in [-0.39, 0.29) is 30.5 Å². The van der Waals surface area contributed by atoms with E-state index >= 15 is 0 Å². The molecule has 6 nitrogen and oxygen atoms in total. The van der Waals surface area contributed by atoms with E-state index in [1.165, 1.54) is 5.56 Å². The lowest BCUT2D eigenvalue weighted by molar-refractivity contribution is -0.141. The Hall–Kier alpha value is -2.99. The number of esters is 1. The van der Waals surface area contributed by atoms with Gasteiger partial charge in [0, 0.05) is 11.5 Å². The monoisotopic (exact) mass is 440 g/mol. The molecular formula is C26H32O6. The van der Waals surface area contributed by atoms with Crippen molar-refractivity contribution >= 4 is 5.97 Å². The van der Waals surface area contributed by atoms with E-state index < -0.39 is 0 Å². The summed E-state index contributed by atoms with van der Waals surface area (Å²) in [6, 6.07) is 14.1. The molecule has 0 unspecified atom stereocenters. The third-order valence-electron chi connectivity index (χ3n) is 6.00. The second kappa shape index (κ2) is 11.0. The van der Waals surface area contributed by atoms with Crippen molar-refractivity contribution in [3.63, 3.8) is 0 Å². The van der Waals surface area contributed by atoms with E-state index in [0.717, 1.165) is 12.0 Å². The molecule has 6 heteroatoms. The molecule has 1 aliphatic heterocycles. The fourth-order valence-electron chi connectivity index (χ4n) is 4.08. The van der Waals surface area contributed by atoms with Crippen LogP contribution in [0.3, 0.4) is 0 Å². The fourth-order valence-corrected chi connectivity index (χ4v) is 4.08. The van der Waals surface area contributed by atoms with Crippen LogP contribution in [0.2, 0.25) is 0 Å². The van der Waals surface area contributed by atoms with Gasteiger partial charge >= 0.3 is 5.97 Å². The van der Waals surface area contributed by atoms with Gasteiger partial charge < -0.3 is 23.7 Å². The molecule has 1 saturated heterocycles. The molecule has 32 heavy (non-hydrogen) atoms. The normalized spacial score (nSPS) is 20.7. The Morgan fingerprint density at radius 3 is 2.28 bits per heavy atom. The van der Waals surface area contributed by atoms with Crippen molar-refractivity contribution in [2.75, 3.05) is 34.5 Å². The van der Waals surface area contributed by atoms with Crippen LogP contribution >= 0.6 is 0 Å². The molecule has 1 heterocycles. The molecule has 0 amide bonds. The predicted molar refractivity (Wildman–Crippen MR) is 122 cm³/mol. The van der Waals surface area contributed by atoms with Crippen LogP contribution in [0.4, 0.5) is 0 Å². The van der Waals surface area contributed by atoms with Gasteiger partial charge in [0.1, 0.15) is 0 Å². The molecule has 0 spiro atoms. The summed E-state index contributed by atoms with van der Waals surface area (Å²) in [6.07, 6.45) is 2.33. The van der Waals surface area contributed by atoms with E-state index in [4.69, 9.17) is 23.7 Å². The van der Waals surface area contributed by atoms with E-state index in [2.05, 4.69) is 12.1 Å². The average Bonchev–Trinajstić information content (AvgIpc) is 3.23. The first kappa shape index (κ1) is 23.7. The van der Waals surface area contributed by atoms with Crippen molar-refractivity contribution in [3.8, 4) is 17.2 Å². The number of hydrogen-bond donors (Lipinski definition) is 0. The maximum absolute atomic E-state index is 12.3. The Labute approximate surface area is 190 Å². The van der Waals surface area contributed by atoms with E-state index in [9.17, 15) is 4.79 Å².